The first-order valence-electron chi connectivity index (χ1n) is 6.52. The maximum absolute atomic E-state index is 13.8. The van der Waals surface area contributed by atoms with E-state index < -0.39 is 51.9 Å². The Hall–Kier alpha value is -2.78. The average Bonchev–Trinajstić information content (AvgIpc) is 2.45. The van der Waals surface area contributed by atoms with Crippen molar-refractivity contribution in [1.29, 1.82) is 0 Å². The monoisotopic (exact) mass is 368 g/mol. The SMILES string of the molecule is Oc1cccc(C(c2cccc(O)c2O)(C(F)(F)F)C(F)(F)F)c1O. The number of hydrogen-bond acceptors (Lipinski definition) is 4. The van der Waals surface area contributed by atoms with Crippen LogP contribution < -0.4 is 0 Å². The van der Waals surface area contributed by atoms with Crippen LogP contribution in [-0.4, -0.2) is 32.8 Å². The summed E-state index contributed by atoms with van der Waals surface area (Å²) >= 11 is 0. The number of rotatable bonds is 2. The summed E-state index contributed by atoms with van der Waals surface area (Å²) in [5.41, 5.74) is -8.38. The van der Waals surface area contributed by atoms with Gasteiger partial charge in [0.1, 0.15) is 0 Å². The normalized spacial score (nSPS) is 13.0. The molecule has 0 fully saturated rings. The molecule has 10 heteroatoms. The van der Waals surface area contributed by atoms with Gasteiger partial charge < -0.3 is 20.4 Å². The van der Waals surface area contributed by atoms with Gasteiger partial charge in [0.15, 0.2) is 23.0 Å². The maximum atomic E-state index is 13.8. The first kappa shape index (κ1) is 18.6. The third kappa shape index (κ3) is 2.57. The van der Waals surface area contributed by atoms with Gasteiger partial charge in [0.25, 0.3) is 0 Å². The van der Waals surface area contributed by atoms with Crippen molar-refractivity contribution < 1.29 is 46.8 Å². The van der Waals surface area contributed by atoms with Crippen molar-refractivity contribution >= 4 is 0 Å². The van der Waals surface area contributed by atoms with E-state index in [-0.39, 0.29) is 0 Å². The Bertz CT molecular complexity index is 730. The minimum absolute atomic E-state index is 0.319. The first-order valence-corrected chi connectivity index (χ1v) is 6.52. The number of para-hydroxylation sites is 2. The number of alkyl halides is 6. The highest BCUT2D eigenvalue weighted by Gasteiger charge is 2.74. The fourth-order valence-corrected chi connectivity index (χ4v) is 2.58. The molecule has 0 bridgehead atoms. The van der Waals surface area contributed by atoms with Crippen molar-refractivity contribution in [2.75, 3.05) is 0 Å². The molecule has 0 atom stereocenters. The molecule has 136 valence electrons. The molecule has 2 aromatic carbocycles. The average molecular weight is 368 g/mol. The van der Waals surface area contributed by atoms with Gasteiger partial charge in [0.05, 0.1) is 0 Å². The Morgan fingerprint density at radius 1 is 0.560 bits per heavy atom. The van der Waals surface area contributed by atoms with E-state index in [0.717, 1.165) is 0 Å². The zero-order valence-corrected chi connectivity index (χ0v) is 12.0. The van der Waals surface area contributed by atoms with Gasteiger partial charge in [0.2, 0.25) is 5.41 Å². The number of benzene rings is 2. The molecule has 0 aliphatic carbocycles. The molecular formula is C15H10F6O4. The quantitative estimate of drug-likeness (QED) is 0.479. The van der Waals surface area contributed by atoms with E-state index in [0.29, 0.717) is 36.4 Å². The third-order valence-electron chi connectivity index (χ3n) is 3.69. The van der Waals surface area contributed by atoms with Gasteiger partial charge in [-0.2, -0.15) is 26.3 Å². The molecule has 0 aliphatic heterocycles. The second-order valence-electron chi connectivity index (χ2n) is 5.09. The maximum Gasteiger partial charge on any atom is 0.411 e. The van der Waals surface area contributed by atoms with Gasteiger partial charge in [-0.05, 0) is 12.1 Å². The molecule has 4 N–H and O–H groups in total. The molecule has 2 rings (SSSR count). The minimum atomic E-state index is -6.10. The molecule has 0 spiro atoms. The van der Waals surface area contributed by atoms with E-state index in [1.54, 1.807) is 0 Å². The number of halogens is 6. The summed E-state index contributed by atoms with van der Waals surface area (Å²) in [4.78, 5) is 0. The Balaban J connectivity index is 3.09. The first-order chi connectivity index (χ1) is 11.4. The van der Waals surface area contributed by atoms with Crippen LogP contribution in [0.1, 0.15) is 11.1 Å². The van der Waals surface area contributed by atoms with Crippen molar-refractivity contribution in [3.8, 4) is 23.0 Å². The number of phenolic OH excluding ortho intramolecular Hbond substituents is 4. The molecule has 4 nitrogen and oxygen atoms in total. The van der Waals surface area contributed by atoms with Crippen molar-refractivity contribution in [2.45, 2.75) is 17.8 Å². The number of phenols is 4. The van der Waals surface area contributed by atoms with E-state index in [4.69, 9.17) is 0 Å². The van der Waals surface area contributed by atoms with Crippen LogP contribution in [0, 0.1) is 0 Å². The third-order valence-corrected chi connectivity index (χ3v) is 3.69. The largest absolute Gasteiger partial charge is 0.504 e. The van der Waals surface area contributed by atoms with Crippen LogP contribution >= 0.6 is 0 Å². The zero-order valence-electron chi connectivity index (χ0n) is 12.0. The van der Waals surface area contributed by atoms with Crippen LogP contribution in [0.25, 0.3) is 0 Å². The van der Waals surface area contributed by atoms with Crippen LogP contribution in [0.4, 0.5) is 26.3 Å². The lowest BCUT2D eigenvalue weighted by Crippen LogP contribution is -2.54. The highest BCUT2D eigenvalue weighted by Crippen LogP contribution is 2.61. The standard InChI is InChI=1S/C15H10F6O4/c16-14(17,18)13(15(19,20)21,7-3-1-5-9(22)11(7)24)8-4-2-6-10(23)12(8)25/h1-6,22-25H. The van der Waals surface area contributed by atoms with Gasteiger partial charge >= 0.3 is 12.4 Å². The zero-order chi connectivity index (χ0) is 19.2. The number of hydrogen-bond donors (Lipinski definition) is 4. The van der Waals surface area contributed by atoms with Crippen LogP contribution in [0.5, 0.6) is 23.0 Å². The molecule has 0 unspecified atom stereocenters. The molecular weight excluding hydrogens is 358 g/mol. The second-order valence-corrected chi connectivity index (χ2v) is 5.09. The van der Waals surface area contributed by atoms with E-state index >= 15 is 0 Å². The summed E-state index contributed by atoms with van der Waals surface area (Å²) in [6, 6.07) is 3.38. The van der Waals surface area contributed by atoms with Crippen LogP contribution in [0.3, 0.4) is 0 Å². The van der Waals surface area contributed by atoms with E-state index in [2.05, 4.69) is 0 Å². The van der Waals surface area contributed by atoms with Crippen LogP contribution in [0.15, 0.2) is 36.4 Å². The molecule has 0 amide bonds. The Morgan fingerprint density at radius 3 is 1.16 bits per heavy atom. The Morgan fingerprint density at radius 2 is 0.880 bits per heavy atom. The van der Waals surface area contributed by atoms with Gasteiger partial charge in [-0.3, -0.25) is 0 Å². The lowest BCUT2D eigenvalue weighted by Gasteiger charge is -2.38. The molecule has 0 heterocycles. The van der Waals surface area contributed by atoms with Crippen molar-refractivity contribution in [1.82, 2.24) is 0 Å². The molecule has 0 saturated heterocycles. The van der Waals surface area contributed by atoms with Crippen molar-refractivity contribution in [3.63, 3.8) is 0 Å². The minimum Gasteiger partial charge on any atom is -0.504 e. The lowest BCUT2D eigenvalue weighted by atomic mass is 9.72. The summed E-state index contributed by atoms with van der Waals surface area (Å²) in [6.07, 6.45) is -12.2. The van der Waals surface area contributed by atoms with Crippen LogP contribution in [0.2, 0.25) is 0 Å². The van der Waals surface area contributed by atoms with Crippen LogP contribution in [-0.2, 0) is 5.41 Å². The van der Waals surface area contributed by atoms with E-state index in [1.807, 2.05) is 0 Å². The van der Waals surface area contributed by atoms with E-state index in [1.165, 1.54) is 0 Å². The highest BCUT2D eigenvalue weighted by molar-refractivity contribution is 5.60. The summed E-state index contributed by atoms with van der Waals surface area (Å²) in [5, 5.41) is 38.1. The van der Waals surface area contributed by atoms with Crippen molar-refractivity contribution in [3.05, 3.63) is 47.5 Å². The summed E-state index contributed by atoms with van der Waals surface area (Å²) in [5.74, 6) is -5.73. The van der Waals surface area contributed by atoms with Gasteiger partial charge in [-0.1, -0.05) is 24.3 Å². The number of aromatic hydroxyl groups is 4. The fraction of sp³-hybridized carbons (Fsp3) is 0.200. The smallest absolute Gasteiger partial charge is 0.411 e. The topological polar surface area (TPSA) is 80.9 Å². The summed E-state index contributed by atoms with van der Waals surface area (Å²) in [6.45, 7) is 0. The van der Waals surface area contributed by atoms with Crippen molar-refractivity contribution in [2.24, 2.45) is 0 Å². The highest BCUT2D eigenvalue weighted by atomic mass is 19.4. The molecule has 25 heavy (non-hydrogen) atoms. The van der Waals surface area contributed by atoms with E-state index in [9.17, 15) is 46.8 Å². The van der Waals surface area contributed by atoms with Gasteiger partial charge in [-0.15, -0.1) is 0 Å². The molecule has 2 aromatic rings. The molecule has 0 aliphatic rings. The Kier molecular flexibility index (Phi) is 4.19. The predicted molar refractivity (Wildman–Crippen MR) is 72.4 cm³/mol. The molecule has 0 aromatic heterocycles. The molecule has 0 radical (unpaired) electrons. The van der Waals surface area contributed by atoms with Gasteiger partial charge in [0, 0.05) is 11.1 Å². The van der Waals surface area contributed by atoms with Gasteiger partial charge in [-0.25, -0.2) is 0 Å². The molecule has 0 saturated carbocycles. The lowest BCUT2D eigenvalue weighted by molar-refractivity contribution is -0.289. The summed E-state index contributed by atoms with van der Waals surface area (Å²) in [7, 11) is 0. The summed E-state index contributed by atoms with van der Waals surface area (Å²) < 4.78 is 82.6. The predicted octanol–water partition coefficient (Wildman–Crippen LogP) is 3.92. The Labute approximate surface area is 136 Å². The fourth-order valence-electron chi connectivity index (χ4n) is 2.58. The second kappa shape index (κ2) is 5.64.